The van der Waals surface area contributed by atoms with E-state index in [0.717, 1.165) is 16.3 Å². The Kier molecular flexibility index (Phi) is 4.87. The van der Waals surface area contributed by atoms with Gasteiger partial charge in [0, 0.05) is 6.54 Å². The van der Waals surface area contributed by atoms with Crippen molar-refractivity contribution in [2.24, 2.45) is 0 Å². The molecule has 0 radical (unpaired) electrons. The molecule has 24 heavy (non-hydrogen) atoms. The van der Waals surface area contributed by atoms with Crippen molar-refractivity contribution in [1.29, 1.82) is 0 Å². The highest BCUT2D eigenvalue weighted by atomic mass is 19.1. The second kappa shape index (κ2) is 7.23. The number of aliphatic hydroxyl groups excluding tert-OH is 1. The highest BCUT2D eigenvalue weighted by Crippen LogP contribution is 2.19. The predicted octanol–water partition coefficient (Wildman–Crippen LogP) is 3.37. The first-order valence-electron chi connectivity index (χ1n) is 7.80. The van der Waals surface area contributed by atoms with Gasteiger partial charge in [-0.25, -0.2) is 4.39 Å². The zero-order chi connectivity index (χ0) is 16.9. The third kappa shape index (κ3) is 3.78. The largest absolute Gasteiger partial charge is 0.387 e. The number of fused-ring (bicyclic) bond motifs is 1. The SMILES string of the molecule is O=C(Cc1cccc2ccccc12)NCC(O)c1ccc(F)cc1. The van der Waals surface area contributed by atoms with Gasteiger partial charge in [-0.15, -0.1) is 0 Å². The molecular weight excluding hydrogens is 305 g/mol. The normalized spacial score (nSPS) is 12.1. The van der Waals surface area contributed by atoms with Crippen LogP contribution in [0.25, 0.3) is 10.8 Å². The molecule has 3 nitrogen and oxygen atoms in total. The van der Waals surface area contributed by atoms with Crippen LogP contribution in [0.4, 0.5) is 4.39 Å². The van der Waals surface area contributed by atoms with E-state index in [0.29, 0.717) is 5.56 Å². The summed E-state index contributed by atoms with van der Waals surface area (Å²) >= 11 is 0. The Hall–Kier alpha value is -2.72. The maximum absolute atomic E-state index is 12.9. The van der Waals surface area contributed by atoms with E-state index in [1.54, 1.807) is 0 Å². The molecule has 0 aliphatic carbocycles. The van der Waals surface area contributed by atoms with Crippen molar-refractivity contribution >= 4 is 16.7 Å². The van der Waals surface area contributed by atoms with E-state index < -0.39 is 6.10 Å². The zero-order valence-electron chi connectivity index (χ0n) is 13.1. The lowest BCUT2D eigenvalue weighted by Gasteiger charge is -2.13. The van der Waals surface area contributed by atoms with E-state index in [4.69, 9.17) is 0 Å². The second-order valence-electron chi connectivity index (χ2n) is 5.69. The van der Waals surface area contributed by atoms with Crippen LogP contribution in [0.5, 0.6) is 0 Å². The lowest BCUT2D eigenvalue weighted by atomic mass is 10.0. The molecule has 3 aromatic carbocycles. The van der Waals surface area contributed by atoms with Crippen molar-refractivity contribution in [3.63, 3.8) is 0 Å². The lowest BCUT2D eigenvalue weighted by molar-refractivity contribution is -0.120. The number of aliphatic hydroxyl groups is 1. The van der Waals surface area contributed by atoms with Gasteiger partial charge in [-0.1, -0.05) is 54.6 Å². The fourth-order valence-electron chi connectivity index (χ4n) is 2.70. The second-order valence-corrected chi connectivity index (χ2v) is 5.69. The van der Waals surface area contributed by atoms with Crippen LogP contribution in [0.3, 0.4) is 0 Å². The smallest absolute Gasteiger partial charge is 0.224 e. The maximum atomic E-state index is 12.9. The topological polar surface area (TPSA) is 49.3 Å². The molecule has 0 bridgehead atoms. The number of halogens is 1. The van der Waals surface area contributed by atoms with Gasteiger partial charge in [0.2, 0.25) is 5.91 Å². The van der Waals surface area contributed by atoms with E-state index in [1.165, 1.54) is 24.3 Å². The van der Waals surface area contributed by atoms with Crippen molar-refractivity contribution < 1.29 is 14.3 Å². The summed E-state index contributed by atoms with van der Waals surface area (Å²) in [6.45, 7) is 0.0925. The summed E-state index contributed by atoms with van der Waals surface area (Å²) in [7, 11) is 0. The Bertz CT molecular complexity index is 840. The number of carbonyl (C=O) groups is 1. The van der Waals surface area contributed by atoms with Gasteiger partial charge < -0.3 is 10.4 Å². The Labute approximate surface area is 139 Å². The minimum Gasteiger partial charge on any atom is -0.387 e. The molecule has 0 fully saturated rings. The molecule has 0 spiro atoms. The number of hydrogen-bond acceptors (Lipinski definition) is 2. The minimum atomic E-state index is -0.859. The third-order valence-corrected chi connectivity index (χ3v) is 3.98. The van der Waals surface area contributed by atoms with Crippen LogP contribution in [-0.4, -0.2) is 17.6 Å². The average Bonchev–Trinajstić information content (AvgIpc) is 2.61. The van der Waals surface area contributed by atoms with Gasteiger partial charge in [0.1, 0.15) is 5.82 Å². The number of hydrogen-bond donors (Lipinski definition) is 2. The van der Waals surface area contributed by atoms with Gasteiger partial charge in [-0.3, -0.25) is 4.79 Å². The van der Waals surface area contributed by atoms with E-state index in [1.807, 2.05) is 42.5 Å². The first-order chi connectivity index (χ1) is 11.6. The lowest BCUT2D eigenvalue weighted by Crippen LogP contribution is -2.29. The van der Waals surface area contributed by atoms with Crippen molar-refractivity contribution in [2.45, 2.75) is 12.5 Å². The Morgan fingerprint density at radius 2 is 1.71 bits per heavy atom. The highest BCUT2D eigenvalue weighted by Gasteiger charge is 2.11. The molecule has 0 saturated carbocycles. The van der Waals surface area contributed by atoms with Crippen molar-refractivity contribution in [3.05, 3.63) is 83.7 Å². The average molecular weight is 323 g/mol. The van der Waals surface area contributed by atoms with Crippen LogP contribution >= 0.6 is 0 Å². The molecule has 122 valence electrons. The summed E-state index contributed by atoms with van der Waals surface area (Å²) < 4.78 is 12.9. The number of nitrogens with one attached hydrogen (secondary N) is 1. The van der Waals surface area contributed by atoms with Gasteiger partial charge in [0.25, 0.3) is 0 Å². The number of benzene rings is 3. The van der Waals surface area contributed by atoms with Crippen LogP contribution in [0, 0.1) is 5.82 Å². The van der Waals surface area contributed by atoms with Crippen molar-refractivity contribution in [1.82, 2.24) is 5.32 Å². The van der Waals surface area contributed by atoms with Gasteiger partial charge in [0.15, 0.2) is 0 Å². The standard InChI is InChI=1S/C20H18FNO2/c21-17-10-8-15(9-11-17)19(23)13-22-20(24)12-16-6-3-5-14-4-1-2-7-18(14)16/h1-11,19,23H,12-13H2,(H,22,24). The summed E-state index contributed by atoms with van der Waals surface area (Å²) in [4.78, 5) is 12.2. The first kappa shape index (κ1) is 16.1. The van der Waals surface area contributed by atoms with E-state index in [9.17, 15) is 14.3 Å². The molecule has 1 atom stereocenters. The molecular formula is C20H18FNO2. The molecule has 0 heterocycles. The molecule has 3 aromatic rings. The molecule has 0 aromatic heterocycles. The molecule has 0 aliphatic heterocycles. The maximum Gasteiger partial charge on any atom is 0.224 e. The van der Waals surface area contributed by atoms with Crippen LogP contribution < -0.4 is 5.32 Å². The van der Waals surface area contributed by atoms with Crippen molar-refractivity contribution in [2.75, 3.05) is 6.54 Å². The zero-order valence-corrected chi connectivity index (χ0v) is 13.1. The molecule has 1 amide bonds. The highest BCUT2D eigenvalue weighted by molar-refractivity contribution is 5.90. The fourth-order valence-corrected chi connectivity index (χ4v) is 2.70. The first-order valence-corrected chi connectivity index (χ1v) is 7.80. The van der Waals surface area contributed by atoms with Crippen LogP contribution in [0.1, 0.15) is 17.2 Å². The minimum absolute atomic E-state index is 0.0925. The Morgan fingerprint density at radius 1 is 1.00 bits per heavy atom. The molecule has 0 aliphatic rings. The fraction of sp³-hybridized carbons (Fsp3) is 0.150. The van der Waals surface area contributed by atoms with E-state index in [2.05, 4.69) is 5.32 Å². The quantitative estimate of drug-likeness (QED) is 0.756. The van der Waals surface area contributed by atoms with Gasteiger partial charge in [-0.05, 0) is 34.0 Å². The summed E-state index contributed by atoms with van der Waals surface area (Å²) in [6, 6.07) is 19.4. The number of amides is 1. The summed E-state index contributed by atoms with van der Waals surface area (Å²) in [5, 5.41) is 14.9. The van der Waals surface area contributed by atoms with Crippen LogP contribution in [0.15, 0.2) is 66.7 Å². The summed E-state index contributed by atoms with van der Waals surface area (Å²) in [6.07, 6.45) is -0.612. The van der Waals surface area contributed by atoms with Gasteiger partial charge >= 0.3 is 0 Å². The molecule has 4 heteroatoms. The van der Waals surface area contributed by atoms with E-state index >= 15 is 0 Å². The molecule has 1 unspecified atom stereocenters. The van der Waals surface area contributed by atoms with Gasteiger partial charge in [-0.2, -0.15) is 0 Å². The number of rotatable bonds is 5. The predicted molar refractivity (Wildman–Crippen MR) is 92.0 cm³/mol. The Balaban J connectivity index is 1.62. The summed E-state index contributed by atoms with van der Waals surface area (Å²) in [5.41, 5.74) is 1.52. The molecule has 0 saturated heterocycles. The summed E-state index contributed by atoms with van der Waals surface area (Å²) in [5.74, 6) is -0.515. The van der Waals surface area contributed by atoms with Gasteiger partial charge in [0.05, 0.1) is 12.5 Å². The van der Waals surface area contributed by atoms with E-state index in [-0.39, 0.29) is 24.7 Å². The van der Waals surface area contributed by atoms with Crippen LogP contribution in [0.2, 0.25) is 0 Å². The molecule has 2 N–H and O–H groups in total. The number of carbonyl (C=O) groups excluding carboxylic acids is 1. The molecule has 3 rings (SSSR count). The van der Waals surface area contributed by atoms with Crippen LogP contribution in [-0.2, 0) is 11.2 Å². The Morgan fingerprint density at radius 3 is 2.50 bits per heavy atom. The van der Waals surface area contributed by atoms with Crippen molar-refractivity contribution in [3.8, 4) is 0 Å². The third-order valence-electron chi connectivity index (χ3n) is 3.98. The monoisotopic (exact) mass is 323 g/mol.